The smallest absolute Gasteiger partial charge is 0.294 e. The van der Waals surface area contributed by atoms with Gasteiger partial charge in [-0.1, -0.05) is 49.0 Å². The van der Waals surface area contributed by atoms with Gasteiger partial charge in [-0.3, -0.25) is 24.7 Å². The van der Waals surface area contributed by atoms with Crippen molar-refractivity contribution in [3.05, 3.63) is 56.3 Å². The quantitative estimate of drug-likeness (QED) is 0.300. The molecule has 1 aromatic carbocycles. The molecule has 0 bridgehead atoms. The summed E-state index contributed by atoms with van der Waals surface area (Å²) < 4.78 is 0.485. The molecule has 1 aromatic heterocycles. The summed E-state index contributed by atoms with van der Waals surface area (Å²) in [6.45, 7) is 6.17. The van der Waals surface area contributed by atoms with Crippen LogP contribution < -0.4 is 10.6 Å². The van der Waals surface area contributed by atoms with Gasteiger partial charge in [-0.05, 0) is 43.2 Å². The van der Waals surface area contributed by atoms with Gasteiger partial charge in [0.05, 0.1) is 27.8 Å². The Morgan fingerprint density at radius 3 is 2.39 bits per heavy atom. The molecule has 11 heteroatoms. The second-order valence-electron chi connectivity index (χ2n) is 12.5. The van der Waals surface area contributed by atoms with Gasteiger partial charge in [0.1, 0.15) is 5.69 Å². The van der Waals surface area contributed by atoms with E-state index < -0.39 is 10.3 Å². The Bertz CT molecular complexity index is 1330. The summed E-state index contributed by atoms with van der Waals surface area (Å²) in [4.78, 5) is 46.9. The second kappa shape index (κ2) is 11.6. The number of halogens is 1. The Balaban J connectivity index is 1.39. The van der Waals surface area contributed by atoms with Crippen LogP contribution in [0.5, 0.6) is 0 Å². The lowest BCUT2D eigenvalue weighted by Crippen LogP contribution is -2.44. The zero-order chi connectivity index (χ0) is 29.4. The molecular formula is C30H39BrN6O4. The lowest BCUT2D eigenvalue weighted by molar-refractivity contribution is -0.384. The molecule has 3 aliphatic rings. The van der Waals surface area contributed by atoms with Gasteiger partial charge in [-0.25, -0.2) is 0 Å². The van der Waals surface area contributed by atoms with Crippen LogP contribution >= 0.6 is 15.9 Å². The number of likely N-dealkylation sites (tertiary alicyclic amines) is 2. The number of amides is 2. The van der Waals surface area contributed by atoms with E-state index in [0.29, 0.717) is 41.6 Å². The Hall–Kier alpha value is -3.21. The van der Waals surface area contributed by atoms with Crippen LogP contribution in [-0.2, 0) is 0 Å². The molecule has 3 fully saturated rings. The molecule has 3 heterocycles. The van der Waals surface area contributed by atoms with Gasteiger partial charge in [0.15, 0.2) is 0 Å². The molecule has 2 saturated heterocycles. The van der Waals surface area contributed by atoms with Crippen molar-refractivity contribution in [1.82, 2.24) is 14.8 Å². The largest absolute Gasteiger partial charge is 0.387 e. The molecule has 1 unspecified atom stereocenters. The van der Waals surface area contributed by atoms with Crippen molar-refractivity contribution in [2.75, 3.05) is 43.9 Å². The number of carbonyl (C=O) groups is 2. The Labute approximate surface area is 249 Å². The summed E-state index contributed by atoms with van der Waals surface area (Å²) >= 11 is 3.40. The Morgan fingerprint density at radius 1 is 1.02 bits per heavy atom. The van der Waals surface area contributed by atoms with Crippen LogP contribution in [0.15, 0.2) is 35.1 Å². The summed E-state index contributed by atoms with van der Waals surface area (Å²) in [7, 11) is 1.77. The number of piperidine rings is 1. The molecule has 10 nitrogen and oxygen atoms in total. The fourth-order valence-corrected chi connectivity index (χ4v) is 7.24. The minimum absolute atomic E-state index is 0.154. The lowest BCUT2D eigenvalue weighted by Gasteiger charge is -2.44. The highest BCUT2D eigenvalue weighted by Crippen LogP contribution is 2.45. The van der Waals surface area contributed by atoms with Crippen LogP contribution in [0.3, 0.4) is 0 Å². The zero-order valence-corrected chi connectivity index (χ0v) is 25.6. The van der Waals surface area contributed by atoms with Gasteiger partial charge in [-0.2, -0.15) is 0 Å². The molecule has 2 N–H and O–H groups in total. The molecular weight excluding hydrogens is 588 g/mol. The number of hydrogen-bond donors (Lipinski definition) is 2. The molecule has 1 aliphatic carbocycles. The van der Waals surface area contributed by atoms with E-state index in [2.05, 4.69) is 31.5 Å². The Kier molecular flexibility index (Phi) is 8.27. The second-order valence-corrected chi connectivity index (χ2v) is 13.5. The number of hydrogen-bond acceptors (Lipinski definition) is 7. The van der Waals surface area contributed by atoms with E-state index in [1.807, 2.05) is 18.7 Å². The highest BCUT2D eigenvalue weighted by atomic mass is 79.9. The predicted molar refractivity (Wildman–Crippen MR) is 162 cm³/mol. The van der Waals surface area contributed by atoms with Gasteiger partial charge in [-0.15, -0.1) is 0 Å². The van der Waals surface area contributed by atoms with Crippen molar-refractivity contribution >= 4 is 44.8 Å². The maximum absolute atomic E-state index is 13.9. The first-order chi connectivity index (χ1) is 19.5. The third kappa shape index (κ3) is 6.05. The summed E-state index contributed by atoms with van der Waals surface area (Å²) in [5.41, 5.74) is 1.48. The molecule has 0 radical (unpaired) electrons. The van der Waals surface area contributed by atoms with E-state index in [1.165, 1.54) is 38.2 Å². The molecule has 1 spiro atoms. The molecule has 5 rings (SSSR count). The number of nitrogens with zero attached hydrogens (tertiary/aromatic N) is 4. The SMILES string of the molecule is CNc1cncc(C(=O)N2CC(Nc3c(C(=O)N4CCC5(CCCCC5)CC4)cc(Br)cc3[N+](=O)[O-])C(C)(C)C2)c1. The number of rotatable bonds is 6. The maximum Gasteiger partial charge on any atom is 0.294 e. The fourth-order valence-electron chi connectivity index (χ4n) is 6.79. The average Bonchev–Trinajstić information content (AvgIpc) is 3.27. The van der Waals surface area contributed by atoms with Crippen LogP contribution in [0.25, 0.3) is 0 Å². The summed E-state index contributed by atoms with van der Waals surface area (Å²) in [6.07, 6.45) is 11.4. The van der Waals surface area contributed by atoms with E-state index in [-0.39, 0.29) is 34.8 Å². The van der Waals surface area contributed by atoms with Crippen molar-refractivity contribution in [2.45, 2.75) is 64.8 Å². The van der Waals surface area contributed by atoms with E-state index >= 15 is 0 Å². The number of nitro groups is 1. The number of benzene rings is 1. The topological polar surface area (TPSA) is 121 Å². The van der Waals surface area contributed by atoms with Crippen molar-refractivity contribution in [3.8, 4) is 0 Å². The summed E-state index contributed by atoms with van der Waals surface area (Å²) in [5.74, 6) is -0.347. The van der Waals surface area contributed by atoms with Crippen molar-refractivity contribution < 1.29 is 14.5 Å². The van der Waals surface area contributed by atoms with Gasteiger partial charge in [0.25, 0.3) is 17.5 Å². The lowest BCUT2D eigenvalue weighted by atomic mass is 9.68. The average molecular weight is 628 g/mol. The van der Waals surface area contributed by atoms with E-state index in [9.17, 15) is 19.7 Å². The Morgan fingerprint density at radius 2 is 1.73 bits per heavy atom. The third-order valence-corrected chi connectivity index (χ3v) is 9.82. The molecule has 2 aromatic rings. The standard InChI is InChI=1S/C30H39BrN6O4/c1-29(2)19-36(27(38)20-13-22(32-3)17-33-16-20)18-25(29)34-26-23(14-21(31)15-24(26)37(40)41)28(39)35-11-9-30(10-12-35)7-5-4-6-8-30/h13-17,25,32,34H,4-12,18-19H2,1-3H3. The minimum Gasteiger partial charge on any atom is -0.387 e. The molecule has 2 amide bonds. The third-order valence-electron chi connectivity index (χ3n) is 9.36. The fraction of sp³-hybridized carbons (Fsp3) is 0.567. The van der Waals surface area contributed by atoms with E-state index in [4.69, 9.17) is 0 Å². The van der Waals surface area contributed by atoms with Crippen LogP contribution in [0, 0.1) is 20.9 Å². The number of carbonyl (C=O) groups excluding carboxylic acids is 2. The van der Waals surface area contributed by atoms with Crippen molar-refractivity contribution in [1.29, 1.82) is 0 Å². The van der Waals surface area contributed by atoms with Gasteiger partial charge < -0.3 is 20.4 Å². The molecule has 1 saturated carbocycles. The normalized spacial score (nSPS) is 21.5. The van der Waals surface area contributed by atoms with Crippen LogP contribution in [0.1, 0.15) is 79.5 Å². The zero-order valence-electron chi connectivity index (χ0n) is 24.0. The van der Waals surface area contributed by atoms with Crippen LogP contribution in [-0.4, -0.2) is 70.8 Å². The first kappa shape index (κ1) is 29.3. The molecule has 1 atom stereocenters. The van der Waals surface area contributed by atoms with E-state index in [1.54, 1.807) is 36.5 Å². The number of pyridine rings is 1. The highest BCUT2D eigenvalue weighted by molar-refractivity contribution is 9.10. The van der Waals surface area contributed by atoms with Gasteiger partial charge >= 0.3 is 0 Å². The van der Waals surface area contributed by atoms with Crippen LogP contribution in [0.2, 0.25) is 0 Å². The summed E-state index contributed by atoms with van der Waals surface area (Å²) in [5, 5.41) is 18.6. The van der Waals surface area contributed by atoms with Crippen molar-refractivity contribution in [3.63, 3.8) is 0 Å². The number of anilines is 2. The summed E-state index contributed by atoms with van der Waals surface area (Å²) in [6, 6.07) is 4.56. The predicted octanol–water partition coefficient (Wildman–Crippen LogP) is 5.94. The number of nitro benzene ring substituents is 1. The monoisotopic (exact) mass is 626 g/mol. The first-order valence-electron chi connectivity index (χ1n) is 14.5. The number of aromatic nitrogens is 1. The van der Waals surface area contributed by atoms with Crippen LogP contribution in [0.4, 0.5) is 17.1 Å². The first-order valence-corrected chi connectivity index (χ1v) is 15.3. The maximum atomic E-state index is 13.9. The molecule has 2 aliphatic heterocycles. The highest BCUT2D eigenvalue weighted by Gasteiger charge is 2.44. The molecule has 41 heavy (non-hydrogen) atoms. The van der Waals surface area contributed by atoms with Gasteiger partial charge in [0.2, 0.25) is 0 Å². The van der Waals surface area contributed by atoms with Crippen molar-refractivity contribution in [2.24, 2.45) is 10.8 Å². The number of nitrogens with one attached hydrogen (secondary N) is 2. The minimum atomic E-state index is -0.448. The molecule has 220 valence electrons. The van der Waals surface area contributed by atoms with E-state index in [0.717, 1.165) is 18.5 Å². The van der Waals surface area contributed by atoms with Gasteiger partial charge in [0, 0.05) is 61.6 Å².